The zero-order valence-corrected chi connectivity index (χ0v) is 35.9. The van der Waals surface area contributed by atoms with Crippen LogP contribution in [0.15, 0.2) is 236 Å². The van der Waals surface area contributed by atoms with Crippen LogP contribution >= 0.6 is 0 Å². The first-order valence-electron chi connectivity index (χ1n) is 21.1. The van der Waals surface area contributed by atoms with Crippen molar-refractivity contribution in [3.63, 3.8) is 0 Å². The summed E-state index contributed by atoms with van der Waals surface area (Å²) in [5.41, 5.74) is 22.1. The topological polar surface area (TPSA) is 29.3 Å². The van der Waals surface area contributed by atoms with E-state index in [-0.39, 0.29) is 6.04 Å². The predicted octanol–water partition coefficient (Wildman–Crippen LogP) is 15.1. The van der Waals surface area contributed by atoms with Crippen LogP contribution in [0.5, 0.6) is 0 Å². The van der Waals surface area contributed by atoms with Crippen molar-refractivity contribution in [1.82, 2.24) is 0 Å². The zero-order chi connectivity index (χ0) is 42.5. The molecule has 1 spiro atoms. The molecule has 2 aliphatic carbocycles. The first-order chi connectivity index (χ1) is 29.4. The average molecular weight is 783 g/mol. The van der Waals surface area contributed by atoms with Crippen molar-refractivity contribution in [2.75, 3.05) is 4.90 Å². The minimum Gasteiger partial charge on any atom is -0.399 e. The van der Waals surface area contributed by atoms with E-state index in [1.54, 1.807) is 18.2 Å². The summed E-state index contributed by atoms with van der Waals surface area (Å²) in [6.45, 7) is 17.6. The Kier molecular flexibility index (Phi) is 14.4. The number of rotatable bonds is 9. The summed E-state index contributed by atoms with van der Waals surface area (Å²) < 4.78 is 0. The number of hydrogen-bond donors (Lipinski definition) is 1. The fraction of sp³-hybridized carbons (Fsp3) is 0.138. The summed E-state index contributed by atoms with van der Waals surface area (Å²) in [5, 5.41) is 0. The van der Waals surface area contributed by atoms with Crippen molar-refractivity contribution in [3.05, 3.63) is 264 Å². The number of aryl methyl sites for hydroxylation is 1. The van der Waals surface area contributed by atoms with Gasteiger partial charge in [-0.05, 0) is 113 Å². The second-order valence-electron chi connectivity index (χ2n) is 14.7. The second-order valence-corrected chi connectivity index (χ2v) is 14.7. The molecule has 1 unspecified atom stereocenters. The third-order valence-electron chi connectivity index (χ3n) is 11.2. The maximum Gasteiger partial charge on any atom is 0.0756 e. The predicted molar refractivity (Wildman–Crippen MR) is 262 cm³/mol. The standard InChI is InChI=1S/C50H43N.C6H9N.C2H6/c1-4-19-44-43(27-14-12-21-38-32-34-40(35-33-38)39-22-7-5-8-23-39)37(3)49(42-26-13-11-20-36(42)2)50(44)45-28-15-17-30-47(45)51(41-24-9-6-10-25-41)48-31-18-16-29-46(48)50;1-3-5-6(7)4-2;1-2/h4-24,26-35,41H,25H2,1-3H3;3-5H,1-2,7H2;1-2H3/b19-4+,21-12+,27-14-;6-5+;. The number of para-hydroxylation sites is 2. The van der Waals surface area contributed by atoms with Crippen molar-refractivity contribution in [2.24, 2.45) is 5.73 Å². The lowest BCUT2D eigenvalue weighted by Gasteiger charge is -2.48. The van der Waals surface area contributed by atoms with Gasteiger partial charge in [0.15, 0.2) is 0 Å². The first-order valence-corrected chi connectivity index (χ1v) is 21.1. The van der Waals surface area contributed by atoms with Gasteiger partial charge in [0.2, 0.25) is 0 Å². The largest absolute Gasteiger partial charge is 0.399 e. The number of anilines is 2. The van der Waals surface area contributed by atoms with E-state index in [4.69, 9.17) is 5.73 Å². The average Bonchev–Trinajstić information content (AvgIpc) is 3.53. The van der Waals surface area contributed by atoms with Crippen LogP contribution in [0, 0.1) is 6.92 Å². The number of nitrogens with two attached hydrogens (primary N) is 1. The fourth-order valence-electron chi connectivity index (χ4n) is 8.70. The van der Waals surface area contributed by atoms with Crippen LogP contribution in [-0.4, -0.2) is 6.04 Å². The Balaban J connectivity index is 0.000000611. The van der Waals surface area contributed by atoms with Crippen molar-refractivity contribution >= 4 is 23.0 Å². The highest BCUT2D eigenvalue weighted by Gasteiger charge is 2.53. The molecule has 5 aromatic rings. The van der Waals surface area contributed by atoms with Gasteiger partial charge >= 0.3 is 0 Å². The highest BCUT2D eigenvalue weighted by Crippen LogP contribution is 2.64. The van der Waals surface area contributed by atoms with E-state index in [1.807, 2.05) is 13.8 Å². The minimum absolute atomic E-state index is 0.239. The van der Waals surface area contributed by atoms with E-state index < -0.39 is 5.41 Å². The molecule has 0 saturated heterocycles. The number of nitrogens with zero attached hydrogens (tertiary/aromatic N) is 1. The van der Waals surface area contributed by atoms with Crippen molar-refractivity contribution in [2.45, 2.75) is 52.5 Å². The normalized spacial score (nSPS) is 16.4. The van der Waals surface area contributed by atoms with Gasteiger partial charge in [0.05, 0.1) is 11.5 Å². The molecule has 1 aliphatic heterocycles. The van der Waals surface area contributed by atoms with E-state index in [9.17, 15) is 0 Å². The Morgan fingerprint density at radius 2 is 1.30 bits per heavy atom. The Morgan fingerprint density at radius 1 is 0.700 bits per heavy atom. The highest BCUT2D eigenvalue weighted by atomic mass is 15.2. The van der Waals surface area contributed by atoms with Gasteiger partial charge in [0.25, 0.3) is 0 Å². The van der Waals surface area contributed by atoms with Gasteiger partial charge in [-0.1, -0.05) is 209 Å². The summed E-state index contributed by atoms with van der Waals surface area (Å²) >= 11 is 0. The molecule has 1 atom stereocenters. The van der Waals surface area contributed by atoms with Gasteiger partial charge in [0.1, 0.15) is 0 Å². The molecular weight excluding hydrogens is 725 g/mol. The molecule has 0 bridgehead atoms. The van der Waals surface area contributed by atoms with E-state index in [1.165, 1.54) is 72.6 Å². The van der Waals surface area contributed by atoms with Gasteiger partial charge < -0.3 is 10.6 Å². The molecule has 1 heterocycles. The summed E-state index contributed by atoms with van der Waals surface area (Å²) in [7, 11) is 0. The Bertz CT molecular complexity index is 2500. The van der Waals surface area contributed by atoms with E-state index >= 15 is 0 Å². The quantitative estimate of drug-likeness (QED) is 0.151. The summed E-state index contributed by atoms with van der Waals surface area (Å²) in [4.78, 5) is 2.58. The molecule has 60 heavy (non-hydrogen) atoms. The van der Waals surface area contributed by atoms with Gasteiger partial charge in [-0.3, -0.25) is 0 Å². The smallest absolute Gasteiger partial charge is 0.0756 e. The summed E-state index contributed by atoms with van der Waals surface area (Å²) in [6.07, 6.45) is 28.4. The van der Waals surface area contributed by atoms with Gasteiger partial charge in [-0.2, -0.15) is 0 Å². The van der Waals surface area contributed by atoms with Crippen LogP contribution < -0.4 is 10.6 Å². The lowest BCUT2D eigenvalue weighted by Crippen LogP contribution is -2.42. The van der Waals surface area contributed by atoms with Crippen LogP contribution in [0.3, 0.4) is 0 Å². The number of benzene rings is 5. The molecule has 3 aliphatic rings. The molecule has 0 saturated carbocycles. The van der Waals surface area contributed by atoms with E-state index in [2.05, 4.69) is 227 Å². The maximum atomic E-state index is 5.26. The van der Waals surface area contributed by atoms with Crippen LogP contribution in [0.1, 0.15) is 61.9 Å². The Morgan fingerprint density at radius 3 is 1.88 bits per heavy atom. The van der Waals surface area contributed by atoms with Gasteiger partial charge in [-0.15, -0.1) is 0 Å². The molecular formula is C58H58N2. The third-order valence-corrected chi connectivity index (χ3v) is 11.2. The lowest BCUT2D eigenvalue weighted by molar-refractivity contribution is 0.718. The SMILES string of the molecule is C/C=C/C1=C(/C=C\C=C\c2ccc(-c3ccccc3)cc2)C(C)=C(c2ccccc2C)C12c1ccccc1N(C1C=CC=CC1)c1ccccc12.C=C/C=C(/N)C=C.CC. The van der Waals surface area contributed by atoms with E-state index in [0.29, 0.717) is 5.70 Å². The fourth-order valence-corrected chi connectivity index (χ4v) is 8.70. The number of hydrogen-bond acceptors (Lipinski definition) is 2. The van der Waals surface area contributed by atoms with Crippen molar-refractivity contribution in [1.29, 1.82) is 0 Å². The molecule has 0 amide bonds. The van der Waals surface area contributed by atoms with Crippen LogP contribution in [0.4, 0.5) is 11.4 Å². The first kappa shape index (κ1) is 42.7. The molecule has 5 aromatic carbocycles. The zero-order valence-electron chi connectivity index (χ0n) is 35.9. The Hall–Kier alpha value is -6.90. The van der Waals surface area contributed by atoms with Crippen LogP contribution in [-0.2, 0) is 5.41 Å². The van der Waals surface area contributed by atoms with Crippen LogP contribution in [0.2, 0.25) is 0 Å². The maximum absolute atomic E-state index is 5.26. The van der Waals surface area contributed by atoms with Gasteiger partial charge in [-0.25, -0.2) is 0 Å². The molecule has 0 radical (unpaired) electrons. The molecule has 2 heteroatoms. The molecule has 0 aromatic heterocycles. The van der Waals surface area contributed by atoms with Crippen molar-refractivity contribution in [3.8, 4) is 11.1 Å². The molecule has 300 valence electrons. The molecule has 0 fully saturated rings. The Labute approximate surface area is 359 Å². The highest BCUT2D eigenvalue weighted by molar-refractivity contribution is 6.00. The number of fused-ring (bicyclic) bond motifs is 4. The van der Waals surface area contributed by atoms with Gasteiger partial charge in [0, 0.05) is 17.1 Å². The lowest BCUT2D eigenvalue weighted by atomic mass is 9.61. The molecule has 2 N–H and O–H groups in total. The monoisotopic (exact) mass is 782 g/mol. The minimum atomic E-state index is -0.503. The van der Waals surface area contributed by atoms with E-state index in [0.717, 1.165) is 6.42 Å². The van der Waals surface area contributed by atoms with Crippen LogP contribution in [0.25, 0.3) is 22.8 Å². The number of allylic oxidation sites excluding steroid dienone is 14. The summed E-state index contributed by atoms with van der Waals surface area (Å²) in [6, 6.07) is 46.8. The molecule has 2 nitrogen and oxygen atoms in total. The third kappa shape index (κ3) is 8.46. The summed E-state index contributed by atoms with van der Waals surface area (Å²) in [5.74, 6) is 0. The van der Waals surface area contributed by atoms with Crippen molar-refractivity contribution < 1.29 is 0 Å². The molecule has 8 rings (SSSR count). The second kappa shape index (κ2) is 20.2.